The molecule has 0 aromatic heterocycles. The molecule has 0 aromatic rings. The Morgan fingerprint density at radius 2 is 2.38 bits per heavy atom. The summed E-state index contributed by atoms with van der Waals surface area (Å²) in [7, 11) is 1.64. The average Bonchev–Trinajstić information content (AvgIpc) is 2.04. The molecule has 5 heteroatoms. The standard InChI is InChI=1S/C8H11ClN2O2/c1-3-13-8(12)6-11(2)5-7(9)4-10/h5H,3,6H2,1-2H3/b7-5-. The second-order valence-electron chi connectivity index (χ2n) is 2.31. The number of esters is 1. The zero-order chi connectivity index (χ0) is 10.3. The number of halogens is 1. The summed E-state index contributed by atoms with van der Waals surface area (Å²) >= 11 is 5.43. The second-order valence-corrected chi connectivity index (χ2v) is 2.72. The fraction of sp³-hybridized carbons (Fsp3) is 0.500. The summed E-state index contributed by atoms with van der Waals surface area (Å²) in [6.45, 7) is 2.17. The lowest BCUT2D eigenvalue weighted by atomic mass is 10.5. The van der Waals surface area contributed by atoms with E-state index in [-0.39, 0.29) is 17.5 Å². The number of carbonyl (C=O) groups is 1. The molecule has 0 aliphatic heterocycles. The van der Waals surface area contributed by atoms with Gasteiger partial charge in [0, 0.05) is 13.2 Å². The number of likely N-dealkylation sites (N-methyl/N-ethyl adjacent to an activating group) is 1. The van der Waals surface area contributed by atoms with E-state index >= 15 is 0 Å². The van der Waals surface area contributed by atoms with Crippen LogP contribution in [-0.4, -0.2) is 31.1 Å². The van der Waals surface area contributed by atoms with Crippen molar-refractivity contribution in [2.24, 2.45) is 0 Å². The Morgan fingerprint density at radius 3 is 2.85 bits per heavy atom. The van der Waals surface area contributed by atoms with E-state index < -0.39 is 0 Å². The highest BCUT2D eigenvalue weighted by Crippen LogP contribution is 1.99. The lowest BCUT2D eigenvalue weighted by Gasteiger charge is -2.11. The summed E-state index contributed by atoms with van der Waals surface area (Å²) < 4.78 is 4.69. The summed E-state index contributed by atoms with van der Waals surface area (Å²) in [4.78, 5) is 12.4. The minimum Gasteiger partial charge on any atom is -0.465 e. The van der Waals surface area contributed by atoms with Crippen LogP contribution in [0.4, 0.5) is 0 Å². The minimum atomic E-state index is -0.344. The lowest BCUT2D eigenvalue weighted by molar-refractivity contribution is -0.143. The van der Waals surface area contributed by atoms with Gasteiger partial charge in [-0.1, -0.05) is 11.6 Å². The van der Waals surface area contributed by atoms with Crippen molar-refractivity contribution in [3.8, 4) is 6.07 Å². The highest BCUT2D eigenvalue weighted by molar-refractivity contribution is 6.31. The highest BCUT2D eigenvalue weighted by atomic mass is 35.5. The van der Waals surface area contributed by atoms with Gasteiger partial charge in [0.15, 0.2) is 0 Å². The fourth-order valence-electron chi connectivity index (χ4n) is 0.678. The number of rotatable bonds is 4. The Morgan fingerprint density at radius 1 is 1.77 bits per heavy atom. The van der Waals surface area contributed by atoms with Crippen molar-refractivity contribution in [2.45, 2.75) is 6.92 Å². The molecule has 0 saturated carbocycles. The summed E-state index contributed by atoms with van der Waals surface area (Å²) in [6.07, 6.45) is 1.37. The number of nitriles is 1. The van der Waals surface area contributed by atoms with E-state index in [4.69, 9.17) is 21.6 Å². The van der Waals surface area contributed by atoms with Gasteiger partial charge < -0.3 is 9.64 Å². The van der Waals surface area contributed by atoms with Crippen LogP contribution in [0.3, 0.4) is 0 Å². The van der Waals surface area contributed by atoms with E-state index in [9.17, 15) is 4.79 Å². The topological polar surface area (TPSA) is 53.3 Å². The Balaban J connectivity index is 3.95. The molecular formula is C8H11ClN2O2. The van der Waals surface area contributed by atoms with Gasteiger partial charge in [-0.25, -0.2) is 0 Å². The molecule has 13 heavy (non-hydrogen) atoms. The number of allylic oxidation sites excluding steroid dienone is 1. The molecule has 0 aliphatic carbocycles. The molecule has 0 unspecified atom stereocenters. The third kappa shape index (κ3) is 6.00. The first-order chi connectivity index (χ1) is 6.10. The minimum absolute atomic E-state index is 0.0341. The first kappa shape index (κ1) is 11.8. The quantitative estimate of drug-likeness (QED) is 0.506. The van der Waals surface area contributed by atoms with Crippen LogP contribution in [0.25, 0.3) is 0 Å². The SMILES string of the molecule is CCOC(=O)CN(C)/C=C(\Cl)C#N. The Bertz CT molecular complexity index is 245. The summed E-state index contributed by atoms with van der Waals surface area (Å²) in [5, 5.41) is 8.36. The first-order valence-electron chi connectivity index (χ1n) is 3.73. The van der Waals surface area contributed by atoms with Crippen molar-refractivity contribution < 1.29 is 9.53 Å². The van der Waals surface area contributed by atoms with Crippen molar-refractivity contribution in [1.29, 1.82) is 5.26 Å². The monoisotopic (exact) mass is 202 g/mol. The molecule has 0 atom stereocenters. The fourth-order valence-corrected chi connectivity index (χ4v) is 0.845. The molecule has 72 valence electrons. The molecule has 4 nitrogen and oxygen atoms in total. The van der Waals surface area contributed by atoms with Gasteiger partial charge in [-0.3, -0.25) is 4.79 Å². The van der Waals surface area contributed by atoms with E-state index in [0.717, 1.165) is 0 Å². The second kappa shape index (κ2) is 6.32. The molecule has 0 N–H and O–H groups in total. The maximum atomic E-state index is 10.9. The largest absolute Gasteiger partial charge is 0.465 e. The predicted molar refractivity (Wildman–Crippen MR) is 48.8 cm³/mol. The molecule has 0 spiro atoms. The Labute approximate surface area is 82.3 Å². The highest BCUT2D eigenvalue weighted by Gasteiger charge is 2.03. The van der Waals surface area contributed by atoms with Crippen LogP contribution in [-0.2, 0) is 9.53 Å². The molecule has 0 radical (unpaired) electrons. The van der Waals surface area contributed by atoms with Crippen LogP contribution in [0.1, 0.15) is 6.92 Å². The smallest absolute Gasteiger partial charge is 0.325 e. The molecule has 0 saturated heterocycles. The summed E-state index contributed by atoms with van der Waals surface area (Å²) in [5.41, 5.74) is 0. The zero-order valence-electron chi connectivity index (χ0n) is 7.58. The van der Waals surface area contributed by atoms with Gasteiger partial charge in [0.05, 0.1) is 6.61 Å². The number of carbonyl (C=O) groups excluding carboxylic acids is 1. The van der Waals surface area contributed by atoms with Gasteiger partial charge in [-0.15, -0.1) is 0 Å². The van der Waals surface area contributed by atoms with E-state index in [1.807, 2.05) is 0 Å². The molecule has 0 bridgehead atoms. The van der Waals surface area contributed by atoms with E-state index in [1.54, 1.807) is 20.0 Å². The van der Waals surface area contributed by atoms with Gasteiger partial charge in [0.2, 0.25) is 0 Å². The number of hydrogen-bond donors (Lipinski definition) is 0. The van der Waals surface area contributed by atoms with E-state index in [1.165, 1.54) is 11.1 Å². The molecule has 0 aromatic carbocycles. The maximum Gasteiger partial charge on any atom is 0.325 e. The Hall–Kier alpha value is -1.21. The van der Waals surface area contributed by atoms with Gasteiger partial charge in [-0.05, 0) is 6.92 Å². The van der Waals surface area contributed by atoms with Crippen LogP contribution in [0, 0.1) is 11.3 Å². The van der Waals surface area contributed by atoms with Crippen molar-refractivity contribution >= 4 is 17.6 Å². The molecule has 0 amide bonds. The van der Waals surface area contributed by atoms with Crippen LogP contribution < -0.4 is 0 Å². The van der Waals surface area contributed by atoms with Crippen LogP contribution in [0.15, 0.2) is 11.2 Å². The van der Waals surface area contributed by atoms with Crippen molar-refractivity contribution in [2.75, 3.05) is 20.2 Å². The van der Waals surface area contributed by atoms with Gasteiger partial charge in [0.1, 0.15) is 17.6 Å². The molecule has 0 fully saturated rings. The van der Waals surface area contributed by atoms with Crippen LogP contribution >= 0.6 is 11.6 Å². The molecule has 0 heterocycles. The van der Waals surface area contributed by atoms with Crippen molar-refractivity contribution in [1.82, 2.24) is 4.90 Å². The number of ether oxygens (including phenoxy) is 1. The van der Waals surface area contributed by atoms with Gasteiger partial charge in [0.25, 0.3) is 0 Å². The third-order valence-electron chi connectivity index (χ3n) is 1.12. The zero-order valence-corrected chi connectivity index (χ0v) is 8.34. The maximum absolute atomic E-state index is 10.9. The number of nitrogens with zero attached hydrogens (tertiary/aromatic N) is 2. The molecule has 0 aliphatic rings. The lowest BCUT2D eigenvalue weighted by Crippen LogP contribution is -2.23. The summed E-state index contributed by atoms with van der Waals surface area (Å²) in [5.74, 6) is -0.344. The van der Waals surface area contributed by atoms with E-state index in [2.05, 4.69) is 0 Å². The van der Waals surface area contributed by atoms with Crippen molar-refractivity contribution in [3.05, 3.63) is 11.2 Å². The number of hydrogen-bond acceptors (Lipinski definition) is 4. The van der Waals surface area contributed by atoms with Crippen LogP contribution in [0.2, 0.25) is 0 Å². The summed E-state index contributed by atoms with van der Waals surface area (Å²) in [6, 6.07) is 1.73. The van der Waals surface area contributed by atoms with Crippen LogP contribution in [0.5, 0.6) is 0 Å². The molecule has 0 rings (SSSR count). The normalized spacial score (nSPS) is 10.5. The average molecular weight is 203 g/mol. The third-order valence-corrected chi connectivity index (χ3v) is 1.31. The van der Waals surface area contributed by atoms with Gasteiger partial charge in [-0.2, -0.15) is 5.26 Å². The van der Waals surface area contributed by atoms with E-state index in [0.29, 0.717) is 6.61 Å². The van der Waals surface area contributed by atoms with Gasteiger partial charge >= 0.3 is 5.97 Å². The predicted octanol–water partition coefficient (Wildman–Crippen LogP) is 1.09. The molecular weight excluding hydrogens is 192 g/mol. The first-order valence-corrected chi connectivity index (χ1v) is 4.11. The van der Waals surface area contributed by atoms with Crippen molar-refractivity contribution in [3.63, 3.8) is 0 Å². The Kier molecular flexibility index (Phi) is 5.73.